The van der Waals surface area contributed by atoms with Gasteiger partial charge in [0.25, 0.3) is 0 Å². The van der Waals surface area contributed by atoms with Gasteiger partial charge >= 0.3 is 0 Å². The average Bonchev–Trinajstić information content (AvgIpc) is 3.09. The molecule has 1 aromatic rings. The Morgan fingerprint density at radius 1 is 1.38 bits per heavy atom. The summed E-state index contributed by atoms with van der Waals surface area (Å²) in [4.78, 5) is 22.7. The molecule has 1 aliphatic heterocycles. The number of piperidine rings is 1. The molecule has 0 atom stereocenters. The zero-order valence-electron chi connectivity index (χ0n) is 16.6. The Labute approximate surface area is 160 Å². The molecule has 7 nitrogen and oxygen atoms in total. The molecule has 26 heavy (non-hydrogen) atoms. The number of carbonyl (C=O) groups is 1. The van der Waals surface area contributed by atoms with Crippen LogP contribution in [0.1, 0.15) is 44.3 Å². The van der Waals surface area contributed by atoms with Crippen LogP contribution in [0.25, 0.3) is 0 Å². The van der Waals surface area contributed by atoms with Crippen molar-refractivity contribution >= 4 is 23.2 Å². The SMILES string of the molecule is CN=C(NCc1nc(C(C)(C)C)cs1)NC1CCN(CC(=O)NC)CC1. The van der Waals surface area contributed by atoms with Crippen molar-refractivity contribution in [3.63, 3.8) is 0 Å². The molecule has 0 spiro atoms. The average molecular weight is 381 g/mol. The number of nitrogens with one attached hydrogen (secondary N) is 3. The van der Waals surface area contributed by atoms with Gasteiger partial charge in [-0.25, -0.2) is 4.98 Å². The normalized spacial score (nSPS) is 17.2. The summed E-state index contributed by atoms with van der Waals surface area (Å²) in [6, 6.07) is 0.378. The van der Waals surface area contributed by atoms with Crippen molar-refractivity contribution in [3.8, 4) is 0 Å². The van der Waals surface area contributed by atoms with E-state index in [1.54, 1.807) is 25.4 Å². The fourth-order valence-corrected chi connectivity index (χ4v) is 3.76. The Hall–Kier alpha value is -1.67. The first-order valence-electron chi connectivity index (χ1n) is 9.17. The predicted octanol–water partition coefficient (Wildman–Crippen LogP) is 1.32. The van der Waals surface area contributed by atoms with Crippen LogP contribution in [0.2, 0.25) is 0 Å². The van der Waals surface area contributed by atoms with Crippen molar-refractivity contribution in [3.05, 3.63) is 16.1 Å². The summed E-state index contributed by atoms with van der Waals surface area (Å²) >= 11 is 1.68. The van der Waals surface area contributed by atoms with Crippen LogP contribution in [0.15, 0.2) is 10.4 Å². The standard InChI is InChI=1S/C18H32N6OS/c1-18(2,3)14-12-26-16(23-14)10-21-17(20-5)22-13-6-8-24(9-7-13)11-15(25)19-4/h12-13H,6-11H2,1-5H3,(H,19,25)(H2,20,21,22). The van der Waals surface area contributed by atoms with Crippen molar-refractivity contribution < 1.29 is 4.79 Å². The zero-order chi connectivity index (χ0) is 19.2. The van der Waals surface area contributed by atoms with Crippen molar-refractivity contribution in [2.75, 3.05) is 33.7 Å². The molecular formula is C18H32N6OS. The maximum absolute atomic E-state index is 11.5. The number of amides is 1. The number of guanidine groups is 1. The molecule has 0 unspecified atom stereocenters. The van der Waals surface area contributed by atoms with Gasteiger partial charge in [0.05, 0.1) is 18.8 Å². The monoisotopic (exact) mass is 380 g/mol. The third kappa shape index (κ3) is 6.25. The molecule has 8 heteroatoms. The van der Waals surface area contributed by atoms with Gasteiger partial charge in [0, 0.05) is 44.0 Å². The van der Waals surface area contributed by atoms with Crippen LogP contribution in [-0.4, -0.2) is 61.5 Å². The number of carbonyl (C=O) groups excluding carboxylic acids is 1. The number of nitrogens with zero attached hydrogens (tertiary/aromatic N) is 3. The first kappa shape index (κ1) is 20.6. The Kier molecular flexibility index (Phi) is 7.40. The highest BCUT2D eigenvalue weighted by molar-refractivity contribution is 7.09. The third-order valence-corrected chi connectivity index (χ3v) is 5.37. The second kappa shape index (κ2) is 9.32. The molecule has 0 aromatic carbocycles. The van der Waals surface area contributed by atoms with E-state index in [9.17, 15) is 4.79 Å². The molecule has 3 N–H and O–H groups in total. The molecule has 0 saturated carbocycles. The number of rotatable bonds is 5. The minimum absolute atomic E-state index is 0.0759. The Bertz CT molecular complexity index is 613. The maximum atomic E-state index is 11.5. The molecular weight excluding hydrogens is 348 g/mol. The van der Waals surface area contributed by atoms with E-state index in [1.807, 2.05) is 0 Å². The number of aliphatic imine (C=N–C) groups is 1. The molecule has 1 amide bonds. The van der Waals surface area contributed by atoms with Crippen molar-refractivity contribution in [2.45, 2.75) is 51.6 Å². The highest BCUT2D eigenvalue weighted by atomic mass is 32.1. The number of aromatic nitrogens is 1. The van der Waals surface area contributed by atoms with E-state index in [2.05, 4.69) is 52.0 Å². The lowest BCUT2D eigenvalue weighted by Crippen LogP contribution is -2.49. The van der Waals surface area contributed by atoms with Crippen LogP contribution < -0.4 is 16.0 Å². The van der Waals surface area contributed by atoms with Gasteiger partial charge in [-0.3, -0.25) is 14.7 Å². The zero-order valence-corrected chi connectivity index (χ0v) is 17.4. The van der Waals surface area contributed by atoms with Gasteiger partial charge in [-0.15, -0.1) is 11.3 Å². The van der Waals surface area contributed by atoms with Gasteiger partial charge in [-0.2, -0.15) is 0 Å². The summed E-state index contributed by atoms with van der Waals surface area (Å²) < 4.78 is 0. The molecule has 1 fully saturated rings. The van der Waals surface area contributed by atoms with Crippen molar-refractivity contribution in [1.29, 1.82) is 0 Å². The number of likely N-dealkylation sites (N-methyl/N-ethyl adjacent to an activating group) is 1. The van der Waals surface area contributed by atoms with E-state index < -0.39 is 0 Å². The van der Waals surface area contributed by atoms with E-state index in [-0.39, 0.29) is 11.3 Å². The van der Waals surface area contributed by atoms with E-state index in [0.29, 0.717) is 19.1 Å². The second-order valence-corrected chi connectivity index (χ2v) is 8.61. The van der Waals surface area contributed by atoms with Gasteiger partial charge < -0.3 is 16.0 Å². The first-order chi connectivity index (χ1) is 12.3. The maximum Gasteiger partial charge on any atom is 0.233 e. The highest BCUT2D eigenvalue weighted by Crippen LogP contribution is 2.23. The van der Waals surface area contributed by atoms with E-state index in [1.165, 1.54) is 0 Å². The van der Waals surface area contributed by atoms with Gasteiger partial charge in [-0.05, 0) is 12.8 Å². The molecule has 1 aliphatic rings. The fourth-order valence-electron chi connectivity index (χ4n) is 2.80. The number of likely N-dealkylation sites (tertiary alicyclic amines) is 1. The summed E-state index contributed by atoms with van der Waals surface area (Å²) in [5.41, 5.74) is 1.21. The molecule has 2 heterocycles. The lowest BCUT2D eigenvalue weighted by molar-refractivity contribution is -0.122. The highest BCUT2D eigenvalue weighted by Gasteiger charge is 2.21. The summed E-state index contributed by atoms with van der Waals surface area (Å²) in [6.07, 6.45) is 2.01. The number of hydrogen-bond donors (Lipinski definition) is 3. The minimum atomic E-state index is 0.0759. The lowest BCUT2D eigenvalue weighted by atomic mass is 9.93. The smallest absolute Gasteiger partial charge is 0.233 e. The molecule has 0 bridgehead atoms. The van der Waals surface area contributed by atoms with E-state index >= 15 is 0 Å². The predicted molar refractivity (Wildman–Crippen MR) is 108 cm³/mol. The molecule has 1 aromatic heterocycles. The van der Waals surface area contributed by atoms with Gasteiger partial charge in [0.2, 0.25) is 5.91 Å². The summed E-state index contributed by atoms with van der Waals surface area (Å²) in [5, 5.41) is 12.7. The quantitative estimate of drug-likeness (QED) is 0.530. The molecule has 0 aliphatic carbocycles. The number of thiazole rings is 1. The Balaban J connectivity index is 1.76. The fraction of sp³-hybridized carbons (Fsp3) is 0.722. The Morgan fingerprint density at radius 3 is 2.62 bits per heavy atom. The molecule has 146 valence electrons. The molecule has 0 radical (unpaired) electrons. The van der Waals surface area contributed by atoms with Gasteiger partial charge in [0.1, 0.15) is 5.01 Å². The van der Waals surface area contributed by atoms with Crippen molar-refractivity contribution in [1.82, 2.24) is 25.8 Å². The summed E-state index contributed by atoms with van der Waals surface area (Å²) in [6.45, 7) is 9.53. The first-order valence-corrected chi connectivity index (χ1v) is 10.0. The van der Waals surface area contributed by atoms with Crippen LogP contribution >= 0.6 is 11.3 Å². The van der Waals surface area contributed by atoms with Gasteiger partial charge in [-0.1, -0.05) is 20.8 Å². The minimum Gasteiger partial charge on any atom is -0.358 e. The third-order valence-electron chi connectivity index (χ3n) is 4.53. The molecule has 1 saturated heterocycles. The topological polar surface area (TPSA) is 81.7 Å². The van der Waals surface area contributed by atoms with Crippen LogP contribution in [0.5, 0.6) is 0 Å². The van der Waals surface area contributed by atoms with E-state index in [4.69, 9.17) is 4.98 Å². The van der Waals surface area contributed by atoms with Crippen LogP contribution in [-0.2, 0) is 16.8 Å². The summed E-state index contributed by atoms with van der Waals surface area (Å²) in [5.74, 6) is 0.884. The van der Waals surface area contributed by atoms with Crippen LogP contribution in [0, 0.1) is 0 Å². The Morgan fingerprint density at radius 2 is 2.08 bits per heavy atom. The van der Waals surface area contributed by atoms with Crippen LogP contribution in [0.3, 0.4) is 0 Å². The number of hydrogen-bond acceptors (Lipinski definition) is 5. The second-order valence-electron chi connectivity index (χ2n) is 7.67. The van der Waals surface area contributed by atoms with Gasteiger partial charge in [0.15, 0.2) is 5.96 Å². The largest absolute Gasteiger partial charge is 0.358 e. The summed E-state index contributed by atoms with van der Waals surface area (Å²) in [7, 11) is 3.47. The van der Waals surface area contributed by atoms with E-state index in [0.717, 1.165) is 42.6 Å². The van der Waals surface area contributed by atoms with Crippen LogP contribution in [0.4, 0.5) is 0 Å². The molecule has 2 rings (SSSR count). The lowest BCUT2D eigenvalue weighted by Gasteiger charge is -2.32. The van der Waals surface area contributed by atoms with Crippen molar-refractivity contribution in [2.24, 2.45) is 4.99 Å².